The summed E-state index contributed by atoms with van der Waals surface area (Å²) in [6.45, 7) is 2.41. The number of thiophene rings is 1. The Balaban J connectivity index is 1.75. The van der Waals surface area contributed by atoms with Crippen LogP contribution in [0.4, 0.5) is 5.69 Å². The average Bonchev–Trinajstić information content (AvgIpc) is 3.23. The zero-order chi connectivity index (χ0) is 19.5. The number of rotatable bonds is 5. The molecule has 2 aromatic heterocycles. The van der Waals surface area contributed by atoms with E-state index in [0.717, 1.165) is 0 Å². The summed E-state index contributed by atoms with van der Waals surface area (Å²) in [6, 6.07) is 17.5. The Labute approximate surface area is 165 Å². The molecule has 0 fully saturated rings. The Kier molecular flexibility index (Phi) is 4.95. The molecule has 5 nitrogen and oxygen atoms in total. The van der Waals surface area contributed by atoms with Crippen molar-refractivity contribution in [3.8, 4) is 17.1 Å². The van der Waals surface area contributed by atoms with Crippen molar-refractivity contribution in [3.05, 3.63) is 81.1 Å². The van der Waals surface area contributed by atoms with E-state index in [4.69, 9.17) is 9.15 Å². The number of benzene rings is 2. The maximum atomic E-state index is 12.6. The predicted molar refractivity (Wildman–Crippen MR) is 111 cm³/mol. The van der Waals surface area contributed by atoms with Crippen LogP contribution in [0.1, 0.15) is 16.6 Å². The number of carbonyl (C=O) groups excluding carboxylic acids is 1. The standard InChI is InChI=1S/C22H17NO4S/c1-2-26-18-7-4-3-6-16(18)20-13-17(24)15-10-9-14(12-19(15)27-20)23-22(25)21-8-5-11-28-21/h3-13H,2H2,1H3,(H,23,25). The zero-order valence-corrected chi connectivity index (χ0v) is 15.9. The highest BCUT2D eigenvalue weighted by molar-refractivity contribution is 7.12. The summed E-state index contributed by atoms with van der Waals surface area (Å²) in [5.74, 6) is 0.868. The normalized spacial score (nSPS) is 10.8. The van der Waals surface area contributed by atoms with Crippen LogP contribution in [0, 0.1) is 0 Å². The largest absolute Gasteiger partial charge is 0.493 e. The Bertz CT molecular complexity index is 1190. The molecule has 0 aliphatic rings. The van der Waals surface area contributed by atoms with Crippen molar-refractivity contribution in [2.24, 2.45) is 0 Å². The van der Waals surface area contributed by atoms with Crippen LogP contribution in [-0.4, -0.2) is 12.5 Å². The van der Waals surface area contributed by atoms with Crippen LogP contribution >= 0.6 is 11.3 Å². The second-order valence-corrected chi connectivity index (χ2v) is 6.99. The molecule has 0 saturated heterocycles. The van der Waals surface area contributed by atoms with Crippen LogP contribution in [0.25, 0.3) is 22.3 Å². The van der Waals surface area contributed by atoms with E-state index >= 15 is 0 Å². The fraction of sp³-hybridized carbons (Fsp3) is 0.0909. The lowest BCUT2D eigenvalue weighted by atomic mass is 10.1. The van der Waals surface area contributed by atoms with Gasteiger partial charge in [0.15, 0.2) is 5.43 Å². The molecule has 140 valence electrons. The molecule has 4 rings (SSSR count). The molecule has 1 amide bonds. The van der Waals surface area contributed by atoms with Gasteiger partial charge in [0, 0.05) is 17.8 Å². The van der Waals surface area contributed by atoms with Gasteiger partial charge in [0.25, 0.3) is 5.91 Å². The number of anilines is 1. The van der Waals surface area contributed by atoms with Gasteiger partial charge in [0.05, 0.1) is 22.4 Å². The quantitative estimate of drug-likeness (QED) is 0.509. The first-order valence-corrected chi connectivity index (χ1v) is 9.68. The lowest BCUT2D eigenvalue weighted by Crippen LogP contribution is -2.10. The summed E-state index contributed by atoms with van der Waals surface area (Å²) in [6.07, 6.45) is 0. The first-order valence-electron chi connectivity index (χ1n) is 8.80. The van der Waals surface area contributed by atoms with Crippen molar-refractivity contribution in [2.75, 3.05) is 11.9 Å². The molecule has 1 N–H and O–H groups in total. The van der Waals surface area contributed by atoms with E-state index in [1.165, 1.54) is 17.4 Å². The SMILES string of the molecule is CCOc1ccccc1-c1cc(=O)c2ccc(NC(=O)c3cccs3)cc2o1. The minimum absolute atomic E-state index is 0.154. The second kappa shape index (κ2) is 7.70. The minimum Gasteiger partial charge on any atom is -0.493 e. The number of amides is 1. The first kappa shape index (κ1) is 18.0. The molecule has 28 heavy (non-hydrogen) atoms. The summed E-state index contributed by atoms with van der Waals surface area (Å²) in [4.78, 5) is 25.5. The van der Waals surface area contributed by atoms with Crippen LogP contribution in [0.15, 0.2) is 75.3 Å². The Morgan fingerprint density at radius 3 is 2.75 bits per heavy atom. The van der Waals surface area contributed by atoms with Crippen molar-refractivity contribution < 1.29 is 13.9 Å². The average molecular weight is 391 g/mol. The van der Waals surface area contributed by atoms with Crippen LogP contribution < -0.4 is 15.5 Å². The summed E-state index contributed by atoms with van der Waals surface area (Å²) in [7, 11) is 0. The highest BCUT2D eigenvalue weighted by Gasteiger charge is 2.13. The Morgan fingerprint density at radius 2 is 1.96 bits per heavy atom. The maximum absolute atomic E-state index is 12.6. The van der Waals surface area contributed by atoms with Gasteiger partial charge >= 0.3 is 0 Å². The van der Waals surface area contributed by atoms with E-state index in [0.29, 0.717) is 45.2 Å². The summed E-state index contributed by atoms with van der Waals surface area (Å²) >= 11 is 1.36. The van der Waals surface area contributed by atoms with Gasteiger partial charge in [-0.2, -0.15) is 0 Å². The monoisotopic (exact) mass is 391 g/mol. The molecule has 4 aromatic rings. The topological polar surface area (TPSA) is 68.5 Å². The number of ether oxygens (including phenoxy) is 1. The van der Waals surface area contributed by atoms with E-state index in [2.05, 4.69) is 5.32 Å². The molecular weight excluding hydrogens is 374 g/mol. The van der Waals surface area contributed by atoms with Crippen LogP contribution in [-0.2, 0) is 0 Å². The smallest absolute Gasteiger partial charge is 0.265 e. The number of fused-ring (bicyclic) bond motifs is 1. The number of carbonyl (C=O) groups is 1. The molecule has 0 aliphatic carbocycles. The molecule has 2 heterocycles. The van der Waals surface area contributed by atoms with Crippen molar-refractivity contribution >= 4 is 33.9 Å². The third kappa shape index (κ3) is 3.54. The highest BCUT2D eigenvalue weighted by Crippen LogP contribution is 2.31. The predicted octanol–water partition coefficient (Wildman–Crippen LogP) is 5.17. The lowest BCUT2D eigenvalue weighted by Gasteiger charge is -2.10. The molecule has 0 unspecified atom stereocenters. The summed E-state index contributed by atoms with van der Waals surface area (Å²) < 4.78 is 11.6. The van der Waals surface area contributed by atoms with Crippen molar-refractivity contribution in [1.29, 1.82) is 0 Å². The van der Waals surface area contributed by atoms with Gasteiger partial charge in [0.2, 0.25) is 0 Å². The molecule has 0 aliphatic heterocycles. The molecule has 0 radical (unpaired) electrons. The molecule has 0 saturated carbocycles. The third-order valence-electron chi connectivity index (χ3n) is 4.18. The van der Waals surface area contributed by atoms with Crippen LogP contribution in [0.2, 0.25) is 0 Å². The van der Waals surface area contributed by atoms with Crippen LogP contribution in [0.3, 0.4) is 0 Å². The summed E-state index contributed by atoms with van der Waals surface area (Å²) in [5.41, 5.74) is 1.51. The molecule has 0 bridgehead atoms. The van der Waals surface area contributed by atoms with E-state index in [-0.39, 0.29) is 11.3 Å². The third-order valence-corrected chi connectivity index (χ3v) is 5.05. The van der Waals surface area contributed by atoms with Gasteiger partial charge in [-0.1, -0.05) is 18.2 Å². The van der Waals surface area contributed by atoms with Gasteiger partial charge in [-0.25, -0.2) is 0 Å². The maximum Gasteiger partial charge on any atom is 0.265 e. The molecule has 0 atom stereocenters. The molecule has 6 heteroatoms. The number of hydrogen-bond donors (Lipinski definition) is 1. The molecular formula is C22H17NO4S. The van der Waals surface area contributed by atoms with E-state index in [9.17, 15) is 9.59 Å². The van der Waals surface area contributed by atoms with Crippen molar-refractivity contribution in [2.45, 2.75) is 6.92 Å². The lowest BCUT2D eigenvalue weighted by molar-refractivity contribution is 0.103. The van der Waals surface area contributed by atoms with E-state index in [1.54, 1.807) is 24.3 Å². The van der Waals surface area contributed by atoms with Gasteiger partial charge in [-0.3, -0.25) is 9.59 Å². The van der Waals surface area contributed by atoms with E-state index in [1.807, 2.05) is 42.6 Å². The van der Waals surface area contributed by atoms with Crippen molar-refractivity contribution in [3.63, 3.8) is 0 Å². The second-order valence-electron chi connectivity index (χ2n) is 6.05. The van der Waals surface area contributed by atoms with Gasteiger partial charge < -0.3 is 14.5 Å². The first-order chi connectivity index (χ1) is 13.7. The summed E-state index contributed by atoms with van der Waals surface area (Å²) in [5, 5.41) is 5.13. The fourth-order valence-electron chi connectivity index (χ4n) is 2.92. The number of nitrogens with one attached hydrogen (secondary N) is 1. The van der Waals surface area contributed by atoms with Gasteiger partial charge in [0.1, 0.15) is 17.1 Å². The Morgan fingerprint density at radius 1 is 1.11 bits per heavy atom. The van der Waals surface area contributed by atoms with Gasteiger partial charge in [-0.05, 0) is 42.6 Å². The molecule has 2 aromatic carbocycles. The van der Waals surface area contributed by atoms with Crippen molar-refractivity contribution in [1.82, 2.24) is 0 Å². The number of para-hydroxylation sites is 1. The van der Waals surface area contributed by atoms with E-state index < -0.39 is 0 Å². The zero-order valence-electron chi connectivity index (χ0n) is 15.1. The molecule has 0 spiro atoms. The minimum atomic E-state index is -0.199. The van der Waals surface area contributed by atoms with Gasteiger partial charge in [-0.15, -0.1) is 11.3 Å². The highest BCUT2D eigenvalue weighted by atomic mass is 32.1. The fourth-order valence-corrected chi connectivity index (χ4v) is 3.54. The van der Waals surface area contributed by atoms with Crippen LogP contribution in [0.5, 0.6) is 5.75 Å². The number of hydrogen-bond acceptors (Lipinski definition) is 5. The Hall–Kier alpha value is -3.38.